The highest BCUT2D eigenvalue weighted by atomic mass is 35.5. The van der Waals surface area contributed by atoms with Gasteiger partial charge in [0.25, 0.3) is 11.6 Å². The summed E-state index contributed by atoms with van der Waals surface area (Å²) in [7, 11) is 0. The molecule has 3 rings (SSSR count). The van der Waals surface area contributed by atoms with E-state index in [4.69, 9.17) is 27.9 Å². The molecule has 2 aromatic carbocycles. The topological polar surface area (TPSA) is 102 Å². The highest BCUT2D eigenvalue weighted by Gasteiger charge is 2.49. The van der Waals surface area contributed by atoms with Crippen LogP contribution in [-0.2, 0) is 10.3 Å². The Morgan fingerprint density at radius 1 is 1.21 bits per heavy atom. The molecular formula is C18H15Cl2N3O5. The fourth-order valence-corrected chi connectivity index (χ4v) is 3.20. The highest BCUT2D eigenvalue weighted by Crippen LogP contribution is 2.31. The molecule has 8 nitrogen and oxygen atoms in total. The van der Waals surface area contributed by atoms with Crippen molar-refractivity contribution in [3.8, 4) is 5.75 Å². The molecule has 146 valence electrons. The molecule has 1 saturated heterocycles. The van der Waals surface area contributed by atoms with Gasteiger partial charge < -0.3 is 10.1 Å². The number of halogens is 2. The standard InChI is InChI=1S/C18H15Cl2N3O5/c1-18(11-3-2-4-13(9-11)23(26)27)16(24)22(17(25)21-18)7-8-28-15-10-12(19)5-6-14(15)20/h2-6,9-10H,7-8H2,1H3,(H,21,25). The predicted molar refractivity (Wildman–Crippen MR) is 103 cm³/mol. The van der Waals surface area contributed by atoms with Crippen LogP contribution in [0.25, 0.3) is 0 Å². The van der Waals surface area contributed by atoms with E-state index in [9.17, 15) is 19.7 Å². The number of amides is 3. The van der Waals surface area contributed by atoms with E-state index in [0.29, 0.717) is 21.4 Å². The van der Waals surface area contributed by atoms with Gasteiger partial charge in [0.15, 0.2) is 0 Å². The summed E-state index contributed by atoms with van der Waals surface area (Å²) in [6.45, 7) is 1.48. The quantitative estimate of drug-likeness (QED) is 0.432. The number of rotatable bonds is 6. The van der Waals surface area contributed by atoms with Crippen LogP contribution in [0.2, 0.25) is 10.0 Å². The number of hydrogen-bond acceptors (Lipinski definition) is 5. The van der Waals surface area contributed by atoms with Crippen molar-refractivity contribution < 1.29 is 19.2 Å². The number of carbonyl (C=O) groups is 2. The molecule has 1 aliphatic rings. The highest BCUT2D eigenvalue weighted by molar-refractivity contribution is 6.34. The maximum atomic E-state index is 12.9. The molecule has 10 heteroatoms. The number of benzene rings is 2. The number of hydrogen-bond donors (Lipinski definition) is 1. The van der Waals surface area contributed by atoms with Crippen LogP contribution in [0.1, 0.15) is 12.5 Å². The molecule has 0 aromatic heterocycles. The smallest absolute Gasteiger partial charge is 0.325 e. The molecule has 1 unspecified atom stereocenters. The van der Waals surface area contributed by atoms with Gasteiger partial charge in [-0.15, -0.1) is 0 Å². The van der Waals surface area contributed by atoms with Crippen LogP contribution in [0.3, 0.4) is 0 Å². The molecule has 0 spiro atoms. The van der Waals surface area contributed by atoms with E-state index >= 15 is 0 Å². The summed E-state index contributed by atoms with van der Waals surface area (Å²) < 4.78 is 5.52. The maximum absolute atomic E-state index is 12.9. The Balaban J connectivity index is 1.73. The van der Waals surface area contributed by atoms with Crippen LogP contribution in [0.4, 0.5) is 10.5 Å². The molecular weight excluding hydrogens is 409 g/mol. The van der Waals surface area contributed by atoms with Gasteiger partial charge in [-0.1, -0.05) is 35.3 Å². The minimum absolute atomic E-state index is 0.00421. The zero-order valence-electron chi connectivity index (χ0n) is 14.6. The Bertz CT molecular complexity index is 968. The minimum atomic E-state index is -1.41. The van der Waals surface area contributed by atoms with Gasteiger partial charge in [-0.05, 0) is 24.6 Å². The van der Waals surface area contributed by atoms with Gasteiger partial charge in [-0.3, -0.25) is 19.8 Å². The average Bonchev–Trinajstić information content (AvgIpc) is 2.88. The van der Waals surface area contributed by atoms with Gasteiger partial charge in [0, 0.05) is 23.2 Å². The van der Waals surface area contributed by atoms with E-state index < -0.39 is 22.4 Å². The Kier molecular flexibility index (Phi) is 5.44. The first kappa shape index (κ1) is 19.9. The van der Waals surface area contributed by atoms with E-state index in [1.807, 2.05) is 0 Å². The summed E-state index contributed by atoms with van der Waals surface area (Å²) in [6, 6.07) is 9.70. The Morgan fingerprint density at radius 2 is 1.96 bits per heavy atom. The van der Waals surface area contributed by atoms with Crippen molar-refractivity contribution in [3.63, 3.8) is 0 Å². The summed E-state index contributed by atoms with van der Waals surface area (Å²) in [5, 5.41) is 14.4. The Labute approximate surface area is 170 Å². The lowest BCUT2D eigenvalue weighted by molar-refractivity contribution is -0.385. The molecule has 3 amide bonds. The van der Waals surface area contributed by atoms with Crippen molar-refractivity contribution in [2.24, 2.45) is 0 Å². The minimum Gasteiger partial charge on any atom is -0.490 e. The zero-order chi connectivity index (χ0) is 20.5. The number of imide groups is 1. The van der Waals surface area contributed by atoms with Crippen LogP contribution in [-0.4, -0.2) is 34.9 Å². The molecule has 1 fully saturated rings. The van der Waals surface area contributed by atoms with Gasteiger partial charge in [-0.2, -0.15) is 0 Å². The van der Waals surface area contributed by atoms with Crippen LogP contribution in [0, 0.1) is 10.1 Å². The molecule has 0 saturated carbocycles. The molecule has 0 radical (unpaired) electrons. The maximum Gasteiger partial charge on any atom is 0.325 e. The Morgan fingerprint density at radius 3 is 2.68 bits per heavy atom. The predicted octanol–water partition coefficient (Wildman–Crippen LogP) is 3.75. The fraction of sp³-hybridized carbons (Fsp3) is 0.222. The van der Waals surface area contributed by atoms with Crippen molar-refractivity contribution in [3.05, 3.63) is 68.2 Å². The van der Waals surface area contributed by atoms with Gasteiger partial charge in [0.2, 0.25) is 0 Å². The third-order valence-corrected chi connectivity index (χ3v) is 4.92. The first-order valence-electron chi connectivity index (χ1n) is 8.19. The lowest BCUT2D eigenvalue weighted by Crippen LogP contribution is -2.41. The third kappa shape index (κ3) is 3.74. The monoisotopic (exact) mass is 423 g/mol. The zero-order valence-corrected chi connectivity index (χ0v) is 16.2. The Hall–Kier alpha value is -2.84. The largest absolute Gasteiger partial charge is 0.490 e. The summed E-state index contributed by atoms with van der Waals surface area (Å²) >= 11 is 11.9. The summed E-state index contributed by atoms with van der Waals surface area (Å²) in [4.78, 5) is 36.6. The molecule has 2 aromatic rings. The molecule has 1 N–H and O–H groups in total. The van der Waals surface area contributed by atoms with Gasteiger partial charge in [0.1, 0.15) is 17.9 Å². The van der Waals surface area contributed by atoms with E-state index in [0.717, 1.165) is 4.90 Å². The second-order valence-corrected chi connectivity index (χ2v) is 7.09. The molecule has 1 aliphatic heterocycles. The number of urea groups is 1. The first-order chi connectivity index (χ1) is 13.2. The summed E-state index contributed by atoms with van der Waals surface area (Å²) in [5.74, 6) is -0.193. The fourth-order valence-electron chi connectivity index (χ4n) is 2.86. The number of carbonyl (C=O) groups excluding carboxylic acids is 2. The number of nitro benzene ring substituents is 1. The molecule has 28 heavy (non-hydrogen) atoms. The van der Waals surface area contributed by atoms with Gasteiger partial charge >= 0.3 is 6.03 Å². The molecule has 0 bridgehead atoms. The van der Waals surface area contributed by atoms with Crippen molar-refractivity contribution in [1.29, 1.82) is 0 Å². The first-order valence-corrected chi connectivity index (χ1v) is 8.95. The van der Waals surface area contributed by atoms with Gasteiger partial charge in [-0.25, -0.2) is 4.79 Å². The number of nitrogens with one attached hydrogen (secondary N) is 1. The van der Waals surface area contributed by atoms with Crippen molar-refractivity contribution >= 4 is 40.8 Å². The van der Waals surface area contributed by atoms with Crippen molar-refractivity contribution in [2.75, 3.05) is 13.2 Å². The van der Waals surface area contributed by atoms with Crippen molar-refractivity contribution in [2.45, 2.75) is 12.5 Å². The number of ether oxygens (including phenoxy) is 1. The van der Waals surface area contributed by atoms with Gasteiger partial charge in [0.05, 0.1) is 16.5 Å². The van der Waals surface area contributed by atoms with Crippen LogP contribution < -0.4 is 10.1 Å². The van der Waals surface area contributed by atoms with Crippen LogP contribution >= 0.6 is 23.2 Å². The van der Waals surface area contributed by atoms with E-state index in [1.54, 1.807) is 18.2 Å². The average molecular weight is 424 g/mol. The summed E-state index contributed by atoms with van der Waals surface area (Å²) in [5.41, 5.74) is -1.25. The second kappa shape index (κ2) is 7.65. The molecule has 0 aliphatic carbocycles. The SMILES string of the molecule is CC1(c2cccc([N+](=O)[O-])c2)NC(=O)N(CCOc2cc(Cl)ccc2Cl)C1=O. The second-order valence-electron chi connectivity index (χ2n) is 6.24. The lowest BCUT2D eigenvalue weighted by atomic mass is 9.91. The molecule has 1 atom stereocenters. The van der Waals surface area contributed by atoms with E-state index in [2.05, 4.69) is 5.32 Å². The number of non-ortho nitro benzene ring substituents is 1. The number of nitrogens with zero attached hydrogens (tertiary/aromatic N) is 2. The summed E-state index contributed by atoms with van der Waals surface area (Å²) in [6.07, 6.45) is 0. The number of nitro groups is 1. The van der Waals surface area contributed by atoms with E-state index in [-0.39, 0.29) is 18.8 Å². The third-order valence-electron chi connectivity index (χ3n) is 4.37. The lowest BCUT2D eigenvalue weighted by Gasteiger charge is -2.22. The van der Waals surface area contributed by atoms with Crippen LogP contribution in [0.5, 0.6) is 5.75 Å². The normalized spacial score (nSPS) is 18.9. The van der Waals surface area contributed by atoms with Crippen LogP contribution in [0.15, 0.2) is 42.5 Å². The van der Waals surface area contributed by atoms with E-state index in [1.165, 1.54) is 31.2 Å². The molecule has 1 heterocycles. The van der Waals surface area contributed by atoms with Crippen molar-refractivity contribution in [1.82, 2.24) is 10.2 Å².